The van der Waals surface area contributed by atoms with E-state index in [9.17, 15) is 9.59 Å². The summed E-state index contributed by atoms with van der Waals surface area (Å²) in [7, 11) is 4.00. The highest BCUT2D eigenvalue weighted by molar-refractivity contribution is 7.12. The van der Waals surface area contributed by atoms with E-state index in [-0.39, 0.29) is 17.9 Å². The number of hydrogen-bond donors (Lipinski definition) is 3. The smallest absolute Gasteiger partial charge is 0.262 e. The van der Waals surface area contributed by atoms with Crippen molar-refractivity contribution < 1.29 is 9.59 Å². The lowest BCUT2D eigenvalue weighted by molar-refractivity contribution is -0.123. The summed E-state index contributed by atoms with van der Waals surface area (Å²) < 4.78 is 0. The Morgan fingerprint density at radius 2 is 1.81 bits per heavy atom. The lowest BCUT2D eigenvalue weighted by Gasteiger charge is -2.25. The zero-order valence-corrected chi connectivity index (χ0v) is 19.6. The van der Waals surface area contributed by atoms with Crippen LogP contribution in [-0.2, 0) is 11.2 Å². The largest absolute Gasteiger partial charge is 0.361 e. The van der Waals surface area contributed by atoms with E-state index in [0.717, 1.165) is 16.5 Å². The van der Waals surface area contributed by atoms with Crippen LogP contribution in [0.1, 0.15) is 26.2 Å². The van der Waals surface area contributed by atoms with Crippen LogP contribution in [0.5, 0.6) is 0 Å². The van der Waals surface area contributed by atoms with Crippen molar-refractivity contribution in [3.8, 4) is 0 Å². The number of likely N-dealkylation sites (N-methyl/N-ethyl adjacent to an activating group) is 1. The topological polar surface area (TPSA) is 77.2 Å². The molecule has 6 nitrogen and oxygen atoms in total. The van der Waals surface area contributed by atoms with E-state index in [2.05, 4.69) is 26.6 Å². The number of rotatable bonds is 9. The molecular weight excluding hydrogens is 440 g/mol. The van der Waals surface area contributed by atoms with Gasteiger partial charge in [-0.3, -0.25) is 9.59 Å². The van der Waals surface area contributed by atoms with Crippen molar-refractivity contribution in [2.75, 3.05) is 20.6 Å². The lowest BCUT2D eigenvalue weighted by atomic mass is 10.0. The first kappa shape index (κ1) is 22.3. The number of benzene rings is 1. The summed E-state index contributed by atoms with van der Waals surface area (Å²) >= 11 is 3.03. The van der Waals surface area contributed by atoms with E-state index in [1.807, 2.05) is 67.5 Å². The predicted octanol–water partition coefficient (Wildman–Crippen LogP) is 4.05. The first-order valence-corrected chi connectivity index (χ1v) is 12.2. The van der Waals surface area contributed by atoms with Crippen LogP contribution in [0.25, 0.3) is 10.9 Å². The molecule has 2 atom stereocenters. The third-order valence-electron chi connectivity index (χ3n) is 5.43. The Kier molecular flexibility index (Phi) is 7.04. The molecule has 0 saturated heterocycles. The monoisotopic (exact) mass is 466 g/mol. The molecule has 3 heterocycles. The van der Waals surface area contributed by atoms with E-state index in [4.69, 9.17) is 0 Å². The first-order valence-electron chi connectivity index (χ1n) is 10.4. The van der Waals surface area contributed by atoms with Crippen molar-refractivity contribution in [2.45, 2.75) is 18.5 Å². The highest BCUT2D eigenvalue weighted by atomic mass is 32.1. The summed E-state index contributed by atoms with van der Waals surface area (Å²) in [5.41, 5.74) is 2.01. The molecule has 2 amide bonds. The van der Waals surface area contributed by atoms with Gasteiger partial charge in [0.05, 0.1) is 10.9 Å². The second-order valence-electron chi connectivity index (χ2n) is 7.81. The zero-order chi connectivity index (χ0) is 22.5. The highest BCUT2D eigenvalue weighted by Gasteiger charge is 2.25. The van der Waals surface area contributed by atoms with E-state index in [0.29, 0.717) is 17.8 Å². The number of aromatic amines is 1. The minimum atomic E-state index is -0.685. The SMILES string of the molecule is CN(C)C(CNC(=O)C(Cc1c[nH]c2ccccc12)NC(=O)c1cccs1)c1cccs1. The summed E-state index contributed by atoms with van der Waals surface area (Å²) in [6.07, 6.45) is 2.31. The van der Waals surface area contributed by atoms with Gasteiger partial charge in [-0.05, 0) is 48.6 Å². The van der Waals surface area contributed by atoms with E-state index < -0.39 is 6.04 Å². The molecule has 0 radical (unpaired) electrons. The van der Waals surface area contributed by atoms with Crippen LogP contribution in [0.15, 0.2) is 65.5 Å². The maximum atomic E-state index is 13.3. The molecule has 0 aliphatic carbocycles. The van der Waals surface area contributed by atoms with Gasteiger partial charge in [0, 0.05) is 34.9 Å². The third kappa shape index (κ3) is 5.09. The molecule has 3 N–H and O–H groups in total. The second-order valence-corrected chi connectivity index (χ2v) is 9.73. The molecule has 32 heavy (non-hydrogen) atoms. The summed E-state index contributed by atoms with van der Waals surface area (Å²) in [6, 6.07) is 15.0. The van der Waals surface area contributed by atoms with Gasteiger partial charge in [0.15, 0.2) is 0 Å². The number of para-hydroxylation sites is 1. The van der Waals surface area contributed by atoms with Crippen molar-refractivity contribution >= 4 is 45.4 Å². The minimum Gasteiger partial charge on any atom is -0.361 e. The second kappa shape index (κ2) is 10.1. The van der Waals surface area contributed by atoms with Gasteiger partial charge in [0.25, 0.3) is 5.91 Å². The van der Waals surface area contributed by atoms with Crippen LogP contribution in [0, 0.1) is 0 Å². The molecule has 2 unspecified atom stereocenters. The molecule has 166 valence electrons. The Morgan fingerprint density at radius 3 is 2.53 bits per heavy atom. The van der Waals surface area contributed by atoms with E-state index >= 15 is 0 Å². The predicted molar refractivity (Wildman–Crippen MR) is 131 cm³/mol. The lowest BCUT2D eigenvalue weighted by Crippen LogP contribution is -2.49. The molecule has 0 bridgehead atoms. The van der Waals surface area contributed by atoms with Gasteiger partial charge in [0.1, 0.15) is 6.04 Å². The van der Waals surface area contributed by atoms with Gasteiger partial charge in [-0.25, -0.2) is 0 Å². The van der Waals surface area contributed by atoms with Gasteiger partial charge >= 0.3 is 0 Å². The van der Waals surface area contributed by atoms with E-state index in [1.165, 1.54) is 16.2 Å². The molecule has 0 aliphatic heterocycles. The quantitative estimate of drug-likeness (QED) is 0.348. The number of carbonyl (C=O) groups is 2. The molecule has 4 aromatic rings. The maximum Gasteiger partial charge on any atom is 0.262 e. The molecule has 8 heteroatoms. The summed E-state index contributed by atoms with van der Waals surface area (Å²) in [4.78, 5) is 33.1. The van der Waals surface area contributed by atoms with Gasteiger partial charge < -0.3 is 20.5 Å². The van der Waals surface area contributed by atoms with Gasteiger partial charge in [-0.15, -0.1) is 22.7 Å². The van der Waals surface area contributed by atoms with Crippen LogP contribution in [-0.4, -0.2) is 48.4 Å². The van der Waals surface area contributed by atoms with Gasteiger partial charge in [-0.2, -0.15) is 0 Å². The average Bonchev–Trinajstić information content (AvgIpc) is 3.55. The Morgan fingerprint density at radius 1 is 1.03 bits per heavy atom. The molecule has 4 rings (SSSR count). The summed E-state index contributed by atoms with van der Waals surface area (Å²) in [5.74, 6) is -0.425. The number of H-pyrrole nitrogens is 1. The fraction of sp³-hybridized carbons (Fsp3) is 0.250. The Bertz CT molecular complexity index is 1170. The molecule has 0 saturated carbocycles. The van der Waals surface area contributed by atoms with Crippen LogP contribution in [0.2, 0.25) is 0 Å². The molecular formula is C24H26N4O2S2. The van der Waals surface area contributed by atoms with Crippen LogP contribution < -0.4 is 10.6 Å². The van der Waals surface area contributed by atoms with Crippen LogP contribution in [0.3, 0.4) is 0 Å². The van der Waals surface area contributed by atoms with Gasteiger partial charge in [0.2, 0.25) is 5.91 Å². The number of amides is 2. The third-order valence-corrected chi connectivity index (χ3v) is 7.27. The Labute approximate surface area is 195 Å². The van der Waals surface area contributed by atoms with Crippen molar-refractivity contribution in [3.05, 3.63) is 80.8 Å². The molecule has 3 aromatic heterocycles. The summed E-state index contributed by atoms with van der Waals surface area (Å²) in [5, 5.41) is 11.0. The van der Waals surface area contributed by atoms with Crippen molar-refractivity contribution in [2.24, 2.45) is 0 Å². The fourth-order valence-electron chi connectivity index (χ4n) is 3.71. The number of carbonyl (C=O) groups excluding carboxylic acids is 2. The normalized spacial score (nSPS) is 13.2. The number of thiophene rings is 2. The number of aromatic nitrogens is 1. The molecule has 0 spiro atoms. The van der Waals surface area contributed by atoms with Crippen molar-refractivity contribution in [3.63, 3.8) is 0 Å². The molecule has 0 fully saturated rings. The maximum absolute atomic E-state index is 13.3. The molecule has 0 aliphatic rings. The highest BCUT2D eigenvalue weighted by Crippen LogP contribution is 2.23. The first-order chi connectivity index (χ1) is 15.5. The zero-order valence-electron chi connectivity index (χ0n) is 18.0. The number of hydrogen-bond acceptors (Lipinski definition) is 5. The Balaban J connectivity index is 1.52. The molecule has 1 aromatic carbocycles. The number of nitrogens with one attached hydrogen (secondary N) is 3. The van der Waals surface area contributed by atoms with Crippen molar-refractivity contribution in [1.82, 2.24) is 20.5 Å². The fourth-order valence-corrected chi connectivity index (χ4v) is 5.26. The summed E-state index contributed by atoms with van der Waals surface area (Å²) in [6.45, 7) is 0.464. The standard InChI is InChI=1S/C24H26N4O2S2/c1-28(2)20(21-9-5-11-31-21)15-26-23(29)19(27-24(30)22-10-6-12-32-22)13-16-14-25-18-8-4-3-7-17(16)18/h3-12,14,19-20,25H,13,15H2,1-2H3,(H,26,29)(H,27,30). The average molecular weight is 467 g/mol. The van der Waals surface area contributed by atoms with Crippen LogP contribution in [0.4, 0.5) is 0 Å². The number of nitrogens with zero attached hydrogens (tertiary/aromatic N) is 1. The van der Waals surface area contributed by atoms with Crippen LogP contribution >= 0.6 is 22.7 Å². The van der Waals surface area contributed by atoms with Crippen molar-refractivity contribution in [1.29, 1.82) is 0 Å². The van der Waals surface area contributed by atoms with Gasteiger partial charge in [-0.1, -0.05) is 30.3 Å². The Hall–Kier alpha value is -2.94. The number of fused-ring (bicyclic) bond motifs is 1. The van der Waals surface area contributed by atoms with E-state index in [1.54, 1.807) is 17.4 Å². The minimum absolute atomic E-state index is 0.0701.